The molecule has 0 aliphatic heterocycles. The third-order valence-corrected chi connectivity index (χ3v) is 2.58. The van der Waals surface area contributed by atoms with Gasteiger partial charge in [0, 0.05) is 0 Å². The second kappa shape index (κ2) is 4.48. The summed E-state index contributed by atoms with van der Waals surface area (Å²) < 4.78 is 5.71. The van der Waals surface area contributed by atoms with Gasteiger partial charge in [0.1, 0.15) is 0 Å². The predicted molar refractivity (Wildman–Crippen MR) is 62.6 cm³/mol. The number of benzene rings is 1. The summed E-state index contributed by atoms with van der Waals surface area (Å²) in [5.74, 6) is -0.626. The molecule has 0 unspecified atom stereocenters. The van der Waals surface area contributed by atoms with E-state index >= 15 is 0 Å². The van der Waals surface area contributed by atoms with Gasteiger partial charge in [-0.25, -0.2) is 4.79 Å². The van der Waals surface area contributed by atoms with Crippen LogP contribution in [0.1, 0.15) is 16.8 Å². The monoisotopic (exact) mass is 247 g/mol. The van der Waals surface area contributed by atoms with E-state index in [-0.39, 0.29) is 5.69 Å². The molecule has 0 radical (unpaired) electrons. The first-order chi connectivity index (χ1) is 8.49. The second-order valence-electron chi connectivity index (χ2n) is 4.10. The van der Waals surface area contributed by atoms with Crippen LogP contribution in [0.5, 0.6) is 0 Å². The van der Waals surface area contributed by atoms with Gasteiger partial charge in [0.05, 0.1) is 11.6 Å². The molecule has 0 amide bonds. The molecule has 0 bridgehead atoms. The average Bonchev–Trinajstić information content (AvgIpc) is 2.62. The molecule has 94 valence electrons. The van der Waals surface area contributed by atoms with Crippen molar-refractivity contribution in [2.24, 2.45) is 12.0 Å². The number of aromatic amines is 1. The number of aliphatic imine (C=N–C) groups is 1. The lowest BCUT2D eigenvalue weighted by atomic mass is 10.1. The minimum absolute atomic E-state index is 0.130. The Morgan fingerprint density at radius 1 is 1.44 bits per heavy atom. The number of H-pyrrole nitrogens is 1. The van der Waals surface area contributed by atoms with Crippen LogP contribution >= 0.6 is 0 Å². The van der Waals surface area contributed by atoms with Crippen molar-refractivity contribution in [2.75, 3.05) is 0 Å². The van der Waals surface area contributed by atoms with Gasteiger partial charge in [-0.2, -0.15) is 0 Å². The van der Waals surface area contributed by atoms with Gasteiger partial charge in [0.25, 0.3) is 0 Å². The average molecular weight is 247 g/mol. The minimum atomic E-state index is -0.726. The molecule has 0 saturated carbocycles. The highest BCUT2D eigenvalue weighted by Crippen LogP contribution is 2.19. The zero-order valence-corrected chi connectivity index (χ0v) is 10.4. The van der Waals surface area contributed by atoms with Gasteiger partial charge in [-0.15, -0.1) is 0 Å². The van der Waals surface area contributed by atoms with Crippen molar-refractivity contribution in [3.63, 3.8) is 0 Å². The molecule has 1 aromatic heterocycles. The smallest absolute Gasteiger partial charge is 0.435 e. The molecule has 1 heterocycles. The van der Waals surface area contributed by atoms with Crippen LogP contribution < -0.4 is 15.4 Å². The predicted octanol–water partition coefficient (Wildman–Crippen LogP) is -0.152. The Morgan fingerprint density at radius 2 is 2.17 bits per heavy atom. The van der Waals surface area contributed by atoms with E-state index in [1.54, 1.807) is 6.07 Å². The van der Waals surface area contributed by atoms with E-state index in [2.05, 4.69) is 14.8 Å². The number of hydrogen-bond donors (Lipinski definition) is 1. The summed E-state index contributed by atoms with van der Waals surface area (Å²) in [6.07, 6.45) is 0. The second-order valence-corrected chi connectivity index (χ2v) is 4.10. The Labute approximate surface area is 103 Å². The van der Waals surface area contributed by atoms with Crippen LogP contribution in [0.4, 0.5) is 5.69 Å². The molecule has 0 spiro atoms. The Hall–Kier alpha value is -2.37. The molecule has 1 aromatic carbocycles. The molecule has 0 saturated heterocycles. The highest BCUT2D eigenvalue weighted by molar-refractivity contribution is 5.88. The Kier molecular flexibility index (Phi) is 3.01. The SMILES string of the molecule is Cc1ccc(N=C([O-])c2c(=O)o[nH][n+]2C)c(C)c1. The fourth-order valence-electron chi connectivity index (χ4n) is 1.66. The first-order valence-corrected chi connectivity index (χ1v) is 5.40. The number of aromatic nitrogens is 2. The van der Waals surface area contributed by atoms with Crippen LogP contribution in [-0.2, 0) is 7.05 Å². The largest absolute Gasteiger partial charge is 0.854 e. The third kappa shape index (κ3) is 2.17. The first kappa shape index (κ1) is 12.1. The maximum absolute atomic E-state index is 11.9. The molecule has 1 N–H and O–H groups in total. The summed E-state index contributed by atoms with van der Waals surface area (Å²) in [5, 5.41) is 14.2. The third-order valence-electron chi connectivity index (χ3n) is 2.58. The molecule has 0 aliphatic rings. The molecule has 2 rings (SSSR count). The van der Waals surface area contributed by atoms with Gasteiger partial charge in [-0.1, -0.05) is 22.4 Å². The van der Waals surface area contributed by atoms with Crippen LogP contribution in [0.25, 0.3) is 0 Å². The fraction of sp³-hybridized carbons (Fsp3) is 0.250. The Balaban J connectivity index is 2.48. The van der Waals surface area contributed by atoms with Crippen molar-refractivity contribution >= 4 is 11.6 Å². The lowest BCUT2D eigenvalue weighted by Crippen LogP contribution is -2.43. The van der Waals surface area contributed by atoms with Crippen LogP contribution in [0.2, 0.25) is 0 Å². The van der Waals surface area contributed by atoms with Gasteiger partial charge >= 0.3 is 11.3 Å². The normalized spacial score (nSPS) is 11.8. The summed E-state index contributed by atoms with van der Waals surface area (Å²) in [6.45, 7) is 3.82. The number of nitrogens with one attached hydrogen (secondary N) is 1. The van der Waals surface area contributed by atoms with E-state index in [0.29, 0.717) is 5.69 Å². The summed E-state index contributed by atoms with van der Waals surface area (Å²) in [4.78, 5) is 15.2. The van der Waals surface area contributed by atoms with E-state index in [1.807, 2.05) is 26.0 Å². The van der Waals surface area contributed by atoms with Gasteiger partial charge in [0.15, 0.2) is 7.05 Å². The maximum atomic E-state index is 11.9. The molecule has 0 fully saturated rings. The number of aryl methyl sites for hydroxylation is 3. The molecule has 0 atom stereocenters. The van der Waals surface area contributed by atoms with Crippen molar-refractivity contribution in [2.45, 2.75) is 13.8 Å². The number of hydrogen-bond acceptors (Lipinski definition) is 4. The summed E-state index contributed by atoms with van der Waals surface area (Å²) in [5.41, 5.74) is 1.66. The van der Waals surface area contributed by atoms with E-state index in [0.717, 1.165) is 11.1 Å². The van der Waals surface area contributed by atoms with E-state index < -0.39 is 11.5 Å². The summed E-state index contributed by atoms with van der Waals surface area (Å²) in [6, 6.07) is 5.53. The van der Waals surface area contributed by atoms with Gasteiger partial charge in [0.2, 0.25) is 0 Å². The highest BCUT2D eigenvalue weighted by atomic mass is 16.5. The zero-order valence-electron chi connectivity index (χ0n) is 10.4. The molecular formula is C12H13N3O3. The van der Waals surface area contributed by atoms with Crippen molar-refractivity contribution in [3.05, 3.63) is 45.4 Å². The number of nitrogens with zero attached hydrogens (tertiary/aromatic N) is 2. The zero-order chi connectivity index (χ0) is 13.3. The Morgan fingerprint density at radius 3 is 2.72 bits per heavy atom. The van der Waals surface area contributed by atoms with Gasteiger partial charge in [-0.05, 0) is 30.7 Å². The molecular weight excluding hydrogens is 234 g/mol. The fourth-order valence-corrected chi connectivity index (χ4v) is 1.66. The van der Waals surface area contributed by atoms with Crippen molar-refractivity contribution in [1.29, 1.82) is 0 Å². The van der Waals surface area contributed by atoms with E-state index in [4.69, 9.17) is 0 Å². The summed E-state index contributed by atoms with van der Waals surface area (Å²) >= 11 is 0. The summed E-state index contributed by atoms with van der Waals surface area (Å²) in [7, 11) is 1.51. The lowest BCUT2D eigenvalue weighted by molar-refractivity contribution is -0.742. The first-order valence-electron chi connectivity index (χ1n) is 5.40. The highest BCUT2D eigenvalue weighted by Gasteiger charge is 2.17. The molecule has 6 heteroatoms. The van der Waals surface area contributed by atoms with E-state index in [1.165, 1.54) is 11.7 Å². The van der Waals surface area contributed by atoms with Crippen molar-refractivity contribution in [3.8, 4) is 0 Å². The topological polar surface area (TPSA) is 85.3 Å². The molecule has 0 aliphatic carbocycles. The van der Waals surface area contributed by atoms with Crippen molar-refractivity contribution < 1.29 is 14.3 Å². The van der Waals surface area contributed by atoms with Gasteiger partial charge < -0.3 is 5.11 Å². The van der Waals surface area contributed by atoms with Crippen LogP contribution in [0.3, 0.4) is 0 Å². The molecule has 18 heavy (non-hydrogen) atoms. The lowest BCUT2D eigenvalue weighted by Gasteiger charge is -2.06. The molecule has 2 aromatic rings. The van der Waals surface area contributed by atoms with Crippen LogP contribution in [0.15, 0.2) is 32.5 Å². The van der Waals surface area contributed by atoms with Crippen LogP contribution in [0, 0.1) is 13.8 Å². The molecule has 6 nitrogen and oxygen atoms in total. The van der Waals surface area contributed by atoms with E-state index in [9.17, 15) is 9.90 Å². The quantitative estimate of drug-likeness (QED) is 0.455. The Bertz CT molecular complexity index is 667. The van der Waals surface area contributed by atoms with Crippen molar-refractivity contribution in [1.82, 2.24) is 5.27 Å². The maximum Gasteiger partial charge on any atom is 0.435 e. The van der Waals surface area contributed by atoms with Crippen LogP contribution in [-0.4, -0.2) is 11.2 Å². The number of rotatable bonds is 2. The van der Waals surface area contributed by atoms with Gasteiger partial charge in [-0.3, -0.25) is 9.52 Å². The standard InChI is InChI=1S/C12H13N3O3/c1-7-4-5-9(8(2)6-7)13-11(16)10-12(17)18-14-15(10)3/h4-6H,1-3H3,(H-,13,14,16,17). The minimum Gasteiger partial charge on any atom is -0.854 e.